The standard InChI is InChI=1S/C12H15N3O/c1-14-3-5-15(6-4-14)11-8-13-9-12-10(11)2-7-16-12/h2,7-9H,3-6H2,1H3. The van der Waals surface area contributed by atoms with E-state index >= 15 is 0 Å². The number of hydrogen-bond acceptors (Lipinski definition) is 4. The summed E-state index contributed by atoms with van der Waals surface area (Å²) in [4.78, 5) is 8.96. The molecule has 1 aliphatic rings. The van der Waals surface area contributed by atoms with E-state index in [-0.39, 0.29) is 0 Å². The molecule has 0 aliphatic carbocycles. The van der Waals surface area contributed by atoms with Crippen LogP contribution in [-0.4, -0.2) is 43.1 Å². The molecule has 2 aromatic heterocycles. The predicted octanol–water partition coefficient (Wildman–Crippen LogP) is 1.58. The predicted molar refractivity (Wildman–Crippen MR) is 63.7 cm³/mol. The highest BCUT2D eigenvalue weighted by Crippen LogP contribution is 2.26. The third-order valence-corrected chi connectivity index (χ3v) is 3.20. The van der Waals surface area contributed by atoms with Crippen molar-refractivity contribution in [1.82, 2.24) is 9.88 Å². The van der Waals surface area contributed by atoms with Crippen molar-refractivity contribution >= 4 is 16.7 Å². The van der Waals surface area contributed by atoms with Crippen LogP contribution >= 0.6 is 0 Å². The molecule has 0 saturated carbocycles. The number of aromatic nitrogens is 1. The fourth-order valence-corrected chi connectivity index (χ4v) is 2.18. The van der Waals surface area contributed by atoms with E-state index in [1.807, 2.05) is 12.3 Å². The number of nitrogens with zero attached hydrogens (tertiary/aromatic N) is 3. The summed E-state index contributed by atoms with van der Waals surface area (Å²) in [6, 6.07) is 2.02. The lowest BCUT2D eigenvalue weighted by molar-refractivity contribution is 0.313. The first-order valence-corrected chi connectivity index (χ1v) is 5.59. The highest BCUT2D eigenvalue weighted by atomic mass is 16.3. The average Bonchev–Trinajstić information content (AvgIpc) is 2.78. The van der Waals surface area contributed by atoms with Crippen LogP contribution < -0.4 is 4.90 Å². The van der Waals surface area contributed by atoms with Crippen LogP contribution in [0.15, 0.2) is 29.1 Å². The summed E-state index contributed by atoms with van der Waals surface area (Å²) in [6.45, 7) is 4.33. The summed E-state index contributed by atoms with van der Waals surface area (Å²) in [5.74, 6) is 0. The third-order valence-electron chi connectivity index (χ3n) is 3.20. The van der Waals surface area contributed by atoms with Crippen LogP contribution in [0.5, 0.6) is 0 Å². The van der Waals surface area contributed by atoms with Crippen LogP contribution in [0.3, 0.4) is 0 Å². The lowest BCUT2D eigenvalue weighted by Gasteiger charge is -2.34. The van der Waals surface area contributed by atoms with Crippen LogP contribution in [0.2, 0.25) is 0 Å². The largest absolute Gasteiger partial charge is 0.463 e. The third kappa shape index (κ3) is 1.55. The fraction of sp³-hybridized carbons (Fsp3) is 0.417. The second-order valence-electron chi connectivity index (χ2n) is 4.28. The molecule has 84 valence electrons. The van der Waals surface area contributed by atoms with Gasteiger partial charge < -0.3 is 14.2 Å². The lowest BCUT2D eigenvalue weighted by Crippen LogP contribution is -2.44. The summed E-state index contributed by atoms with van der Waals surface area (Å²) >= 11 is 0. The molecule has 0 unspecified atom stereocenters. The molecule has 4 heteroatoms. The van der Waals surface area contributed by atoms with Gasteiger partial charge in [0.1, 0.15) is 0 Å². The first-order valence-electron chi connectivity index (χ1n) is 5.59. The van der Waals surface area contributed by atoms with Crippen LogP contribution in [0.4, 0.5) is 5.69 Å². The Morgan fingerprint density at radius 3 is 2.81 bits per heavy atom. The van der Waals surface area contributed by atoms with E-state index in [0.717, 1.165) is 31.8 Å². The van der Waals surface area contributed by atoms with Crippen molar-refractivity contribution in [3.8, 4) is 0 Å². The highest BCUT2D eigenvalue weighted by Gasteiger charge is 2.17. The Morgan fingerprint density at radius 1 is 1.19 bits per heavy atom. The molecular weight excluding hydrogens is 202 g/mol. The second-order valence-corrected chi connectivity index (χ2v) is 4.28. The Balaban J connectivity index is 1.96. The smallest absolute Gasteiger partial charge is 0.154 e. The normalized spacial score (nSPS) is 18.2. The Bertz CT molecular complexity index is 486. The zero-order chi connectivity index (χ0) is 11.0. The van der Waals surface area contributed by atoms with Crippen molar-refractivity contribution in [3.05, 3.63) is 24.7 Å². The maximum absolute atomic E-state index is 5.37. The molecule has 0 N–H and O–H groups in total. The van der Waals surface area contributed by atoms with Gasteiger partial charge in [0.15, 0.2) is 5.58 Å². The zero-order valence-electron chi connectivity index (χ0n) is 9.39. The first-order chi connectivity index (χ1) is 7.84. The molecule has 0 amide bonds. The molecule has 4 nitrogen and oxygen atoms in total. The van der Waals surface area contributed by atoms with Crippen molar-refractivity contribution in [2.75, 3.05) is 38.1 Å². The van der Waals surface area contributed by atoms with Gasteiger partial charge in [0.05, 0.1) is 24.3 Å². The van der Waals surface area contributed by atoms with Gasteiger partial charge in [-0.2, -0.15) is 0 Å². The SMILES string of the molecule is CN1CCN(c2cncc3occc23)CC1. The summed E-state index contributed by atoms with van der Waals surface area (Å²) in [5, 5.41) is 1.17. The molecule has 0 aromatic carbocycles. The van der Waals surface area contributed by atoms with Gasteiger partial charge in [-0.05, 0) is 13.1 Å². The van der Waals surface area contributed by atoms with Crippen LogP contribution in [0.25, 0.3) is 11.0 Å². The van der Waals surface area contributed by atoms with Gasteiger partial charge in [-0.25, -0.2) is 0 Å². The Morgan fingerprint density at radius 2 is 2.00 bits per heavy atom. The van der Waals surface area contributed by atoms with Crippen LogP contribution in [-0.2, 0) is 0 Å². The Hall–Kier alpha value is -1.55. The molecule has 3 heterocycles. The van der Waals surface area contributed by atoms with Gasteiger partial charge in [-0.15, -0.1) is 0 Å². The summed E-state index contributed by atoms with van der Waals surface area (Å²) in [6.07, 6.45) is 5.43. The highest BCUT2D eigenvalue weighted by molar-refractivity contribution is 5.89. The molecule has 0 spiro atoms. The van der Waals surface area contributed by atoms with Crippen LogP contribution in [0.1, 0.15) is 0 Å². The van der Waals surface area contributed by atoms with E-state index in [2.05, 4.69) is 21.8 Å². The van der Waals surface area contributed by atoms with E-state index in [9.17, 15) is 0 Å². The monoisotopic (exact) mass is 217 g/mol. The number of hydrogen-bond donors (Lipinski definition) is 0. The number of fused-ring (bicyclic) bond motifs is 1. The van der Waals surface area contributed by atoms with E-state index in [4.69, 9.17) is 4.42 Å². The molecule has 1 aliphatic heterocycles. The Kier molecular flexibility index (Phi) is 2.29. The molecule has 1 fully saturated rings. The Labute approximate surface area is 94.5 Å². The quantitative estimate of drug-likeness (QED) is 0.726. The summed E-state index contributed by atoms with van der Waals surface area (Å²) in [5.41, 5.74) is 2.07. The number of anilines is 1. The molecule has 0 radical (unpaired) electrons. The van der Waals surface area contributed by atoms with Crippen molar-refractivity contribution in [2.24, 2.45) is 0 Å². The minimum Gasteiger partial charge on any atom is -0.463 e. The van der Waals surface area contributed by atoms with E-state index in [1.165, 1.54) is 11.1 Å². The van der Waals surface area contributed by atoms with Crippen molar-refractivity contribution in [3.63, 3.8) is 0 Å². The van der Waals surface area contributed by atoms with E-state index < -0.39 is 0 Å². The minimum atomic E-state index is 0.872. The van der Waals surface area contributed by atoms with Gasteiger partial charge in [0.25, 0.3) is 0 Å². The molecule has 1 saturated heterocycles. The van der Waals surface area contributed by atoms with Gasteiger partial charge in [-0.3, -0.25) is 4.98 Å². The lowest BCUT2D eigenvalue weighted by atomic mass is 10.2. The maximum Gasteiger partial charge on any atom is 0.154 e. The fourth-order valence-electron chi connectivity index (χ4n) is 2.18. The number of rotatable bonds is 1. The zero-order valence-corrected chi connectivity index (χ0v) is 9.39. The maximum atomic E-state index is 5.37. The molecule has 0 atom stereocenters. The average molecular weight is 217 g/mol. The van der Waals surface area contributed by atoms with Gasteiger partial charge >= 0.3 is 0 Å². The number of piperazine rings is 1. The minimum absolute atomic E-state index is 0.872. The van der Waals surface area contributed by atoms with Crippen molar-refractivity contribution < 1.29 is 4.42 Å². The summed E-state index contributed by atoms with van der Waals surface area (Å²) < 4.78 is 5.37. The van der Waals surface area contributed by atoms with E-state index in [0.29, 0.717) is 0 Å². The van der Waals surface area contributed by atoms with Gasteiger partial charge in [-0.1, -0.05) is 0 Å². The molecule has 16 heavy (non-hydrogen) atoms. The number of pyridine rings is 1. The van der Waals surface area contributed by atoms with Crippen molar-refractivity contribution in [1.29, 1.82) is 0 Å². The summed E-state index contributed by atoms with van der Waals surface area (Å²) in [7, 11) is 2.16. The van der Waals surface area contributed by atoms with Gasteiger partial charge in [0.2, 0.25) is 0 Å². The van der Waals surface area contributed by atoms with Crippen LogP contribution in [0, 0.1) is 0 Å². The second kappa shape index (κ2) is 3.79. The van der Waals surface area contributed by atoms with Crippen molar-refractivity contribution in [2.45, 2.75) is 0 Å². The molecular formula is C12H15N3O. The number of likely N-dealkylation sites (N-methyl/N-ethyl adjacent to an activating group) is 1. The topological polar surface area (TPSA) is 32.5 Å². The van der Waals surface area contributed by atoms with E-state index in [1.54, 1.807) is 12.5 Å². The van der Waals surface area contributed by atoms with Gasteiger partial charge in [0, 0.05) is 31.6 Å². The molecule has 3 rings (SSSR count). The number of furan rings is 1. The molecule has 2 aromatic rings. The molecule has 0 bridgehead atoms. The first kappa shape index (κ1) is 9.66.